The molecule has 0 spiro atoms. The van der Waals surface area contributed by atoms with Crippen LogP contribution in [0, 0.1) is 0 Å². The molecule has 6 heteroatoms. The van der Waals surface area contributed by atoms with Crippen molar-refractivity contribution in [3.63, 3.8) is 0 Å². The van der Waals surface area contributed by atoms with Crippen LogP contribution in [0.1, 0.15) is 17.3 Å². The van der Waals surface area contributed by atoms with E-state index >= 15 is 0 Å². The minimum Gasteiger partial charge on any atom is -0.486 e. The topological polar surface area (TPSA) is 71.9 Å². The fraction of sp³-hybridized carbons (Fsp3) is 0.273. The Morgan fingerprint density at radius 2 is 1.89 bits per heavy atom. The Morgan fingerprint density at radius 3 is 2.68 bits per heavy atom. The van der Waals surface area contributed by atoms with Crippen LogP contribution >= 0.6 is 0 Å². The van der Waals surface area contributed by atoms with Gasteiger partial charge in [0.25, 0.3) is 5.91 Å². The third-order valence-corrected chi connectivity index (χ3v) is 4.82. The number of rotatable bonds is 5. The number of aliphatic hydroxyl groups excluding tert-OH is 1. The number of ether oxygens (including phenoxy) is 2. The Kier molecular flexibility index (Phi) is 5.12. The second kappa shape index (κ2) is 7.86. The van der Waals surface area contributed by atoms with Crippen LogP contribution in [0.15, 0.2) is 48.5 Å². The number of likely N-dealkylation sites (N-methyl/N-ethyl adjacent to an activating group) is 1. The first-order valence-corrected chi connectivity index (χ1v) is 9.41. The van der Waals surface area contributed by atoms with Crippen molar-refractivity contribution in [1.29, 1.82) is 0 Å². The molecular weight excluding hydrogens is 356 g/mol. The van der Waals surface area contributed by atoms with Crippen LogP contribution < -0.4 is 9.47 Å². The highest BCUT2D eigenvalue weighted by Gasteiger charge is 2.20. The van der Waals surface area contributed by atoms with Gasteiger partial charge in [-0.1, -0.05) is 18.2 Å². The first-order chi connectivity index (χ1) is 13.7. The molecule has 1 N–H and O–H groups in total. The highest BCUT2D eigenvalue weighted by Crippen LogP contribution is 2.35. The molecule has 4 rings (SSSR count). The Balaban J connectivity index is 1.83. The van der Waals surface area contributed by atoms with E-state index in [0.717, 1.165) is 16.5 Å². The molecule has 0 unspecified atom stereocenters. The summed E-state index contributed by atoms with van der Waals surface area (Å²) in [6, 6.07) is 15.1. The van der Waals surface area contributed by atoms with Crippen molar-refractivity contribution in [3.8, 4) is 22.8 Å². The maximum Gasteiger partial charge on any atom is 0.254 e. The minimum atomic E-state index is -0.117. The molecule has 3 aromatic rings. The fourth-order valence-corrected chi connectivity index (χ4v) is 3.40. The summed E-state index contributed by atoms with van der Waals surface area (Å²) in [4.78, 5) is 19.5. The van der Waals surface area contributed by atoms with Crippen LogP contribution in [-0.2, 0) is 0 Å². The summed E-state index contributed by atoms with van der Waals surface area (Å²) in [5, 5.41) is 10.1. The smallest absolute Gasteiger partial charge is 0.254 e. The van der Waals surface area contributed by atoms with Crippen molar-refractivity contribution < 1.29 is 19.4 Å². The van der Waals surface area contributed by atoms with Gasteiger partial charge in [-0.2, -0.15) is 0 Å². The molecule has 1 amide bonds. The lowest BCUT2D eigenvalue weighted by molar-refractivity contribution is 0.0734. The molecule has 144 valence electrons. The van der Waals surface area contributed by atoms with Gasteiger partial charge in [0.1, 0.15) is 13.2 Å². The minimum absolute atomic E-state index is 0.0718. The molecule has 0 radical (unpaired) electrons. The number of nitrogens with zero attached hydrogens (tertiary/aromatic N) is 2. The average Bonchev–Trinajstić information content (AvgIpc) is 2.76. The lowest BCUT2D eigenvalue weighted by Gasteiger charge is -2.21. The van der Waals surface area contributed by atoms with Crippen LogP contribution in [0.3, 0.4) is 0 Å². The first kappa shape index (κ1) is 18.3. The van der Waals surface area contributed by atoms with Gasteiger partial charge in [0.2, 0.25) is 0 Å². The maximum absolute atomic E-state index is 13.1. The van der Waals surface area contributed by atoms with Crippen LogP contribution in [0.4, 0.5) is 0 Å². The van der Waals surface area contributed by atoms with Gasteiger partial charge in [-0.25, -0.2) is 4.98 Å². The summed E-state index contributed by atoms with van der Waals surface area (Å²) >= 11 is 0. The second-order valence-corrected chi connectivity index (χ2v) is 6.54. The van der Waals surface area contributed by atoms with Gasteiger partial charge >= 0.3 is 0 Å². The number of para-hydroxylation sites is 1. The molecular formula is C22H22N2O4. The van der Waals surface area contributed by atoms with Gasteiger partial charge in [-0.3, -0.25) is 4.79 Å². The standard InChI is InChI=1S/C22H22N2O4/c1-2-24(9-10-25)22(26)17-14-19(23-18-6-4-3-5-16(17)18)15-7-8-20-21(13-15)28-12-11-27-20/h3-8,13-14,25H,2,9-12H2,1H3. The molecule has 2 heterocycles. The van der Waals surface area contributed by atoms with Gasteiger partial charge in [-0.15, -0.1) is 0 Å². The number of aromatic nitrogens is 1. The van der Waals surface area contributed by atoms with Crippen molar-refractivity contribution >= 4 is 16.8 Å². The van der Waals surface area contributed by atoms with E-state index in [-0.39, 0.29) is 12.5 Å². The number of benzene rings is 2. The number of aliphatic hydroxyl groups is 1. The van der Waals surface area contributed by atoms with E-state index in [9.17, 15) is 9.90 Å². The lowest BCUT2D eigenvalue weighted by Crippen LogP contribution is -2.33. The highest BCUT2D eigenvalue weighted by atomic mass is 16.6. The SMILES string of the molecule is CCN(CCO)C(=O)c1cc(-c2ccc3c(c2)OCCO3)nc2ccccc12. The monoisotopic (exact) mass is 378 g/mol. The quantitative estimate of drug-likeness (QED) is 0.739. The van der Waals surface area contributed by atoms with E-state index in [0.29, 0.717) is 49.1 Å². The van der Waals surface area contributed by atoms with Crippen LogP contribution in [0.2, 0.25) is 0 Å². The van der Waals surface area contributed by atoms with Crippen molar-refractivity contribution in [2.45, 2.75) is 6.92 Å². The summed E-state index contributed by atoms with van der Waals surface area (Å²) < 4.78 is 11.3. The van der Waals surface area contributed by atoms with Crippen LogP contribution in [0.5, 0.6) is 11.5 Å². The van der Waals surface area contributed by atoms with Crippen LogP contribution in [0.25, 0.3) is 22.2 Å². The second-order valence-electron chi connectivity index (χ2n) is 6.54. The van der Waals surface area contributed by atoms with Gasteiger partial charge in [0, 0.05) is 24.0 Å². The summed E-state index contributed by atoms with van der Waals surface area (Å²) in [6.07, 6.45) is 0. The van der Waals surface area contributed by atoms with E-state index in [4.69, 9.17) is 14.5 Å². The van der Waals surface area contributed by atoms with Gasteiger partial charge in [-0.05, 0) is 37.3 Å². The largest absolute Gasteiger partial charge is 0.486 e. The molecule has 28 heavy (non-hydrogen) atoms. The summed E-state index contributed by atoms with van der Waals surface area (Å²) in [5.41, 5.74) is 2.87. The molecule has 0 fully saturated rings. The zero-order valence-electron chi connectivity index (χ0n) is 15.7. The Bertz CT molecular complexity index is 1020. The van der Waals surface area contributed by atoms with E-state index < -0.39 is 0 Å². The fourth-order valence-electron chi connectivity index (χ4n) is 3.40. The number of pyridine rings is 1. The number of carbonyl (C=O) groups is 1. The highest BCUT2D eigenvalue weighted by molar-refractivity contribution is 6.07. The van der Waals surface area contributed by atoms with Crippen molar-refractivity contribution in [1.82, 2.24) is 9.88 Å². The van der Waals surface area contributed by atoms with Crippen molar-refractivity contribution in [2.24, 2.45) is 0 Å². The number of hydrogen-bond acceptors (Lipinski definition) is 5. The first-order valence-electron chi connectivity index (χ1n) is 9.41. The van der Waals surface area contributed by atoms with Crippen LogP contribution in [-0.4, -0.2) is 53.8 Å². The molecule has 0 saturated heterocycles. The number of amides is 1. The number of hydrogen-bond donors (Lipinski definition) is 1. The van der Waals surface area contributed by atoms with Crippen molar-refractivity contribution in [3.05, 3.63) is 54.1 Å². The molecule has 6 nitrogen and oxygen atoms in total. The van der Waals surface area contributed by atoms with Crippen molar-refractivity contribution in [2.75, 3.05) is 32.9 Å². The number of fused-ring (bicyclic) bond motifs is 2. The Morgan fingerprint density at radius 1 is 1.11 bits per heavy atom. The number of carbonyl (C=O) groups excluding carboxylic acids is 1. The molecule has 1 aliphatic heterocycles. The predicted octanol–water partition coefficient (Wildman–Crippen LogP) is 3.13. The van der Waals surface area contributed by atoms with E-state index in [1.807, 2.05) is 55.5 Å². The summed E-state index contributed by atoms with van der Waals surface area (Å²) in [7, 11) is 0. The molecule has 2 aromatic carbocycles. The zero-order valence-corrected chi connectivity index (χ0v) is 15.7. The molecule has 0 saturated carbocycles. The van der Waals surface area contributed by atoms with Gasteiger partial charge in [0.15, 0.2) is 11.5 Å². The van der Waals surface area contributed by atoms with Gasteiger partial charge in [0.05, 0.1) is 23.4 Å². The van der Waals surface area contributed by atoms with E-state index in [1.165, 1.54) is 0 Å². The molecule has 1 aromatic heterocycles. The Hall–Kier alpha value is -3.12. The molecule has 0 atom stereocenters. The third kappa shape index (κ3) is 3.39. The third-order valence-electron chi connectivity index (χ3n) is 4.82. The molecule has 0 bridgehead atoms. The normalized spacial score (nSPS) is 12.8. The zero-order chi connectivity index (χ0) is 19.5. The van der Waals surface area contributed by atoms with E-state index in [2.05, 4.69) is 0 Å². The maximum atomic E-state index is 13.1. The molecule has 1 aliphatic rings. The van der Waals surface area contributed by atoms with Gasteiger partial charge < -0.3 is 19.5 Å². The average molecular weight is 378 g/mol. The summed E-state index contributed by atoms with van der Waals surface area (Å²) in [6.45, 7) is 3.70. The molecule has 0 aliphatic carbocycles. The summed E-state index contributed by atoms with van der Waals surface area (Å²) in [5.74, 6) is 1.28. The lowest BCUT2D eigenvalue weighted by atomic mass is 10.0. The Labute approximate surface area is 163 Å². The predicted molar refractivity (Wildman–Crippen MR) is 107 cm³/mol. The van der Waals surface area contributed by atoms with E-state index in [1.54, 1.807) is 4.90 Å².